The molecule has 0 fully saturated rings. The molecule has 2 aromatic rings. The molecule has 0 saturated carbocycles. The van der Waals surface area contributed by atoms with Crippen LogP contribution in [0.1, 0.15) is 25.6 Å². The van der Waals surface area contributed by atoms with Crippen molar-refractivity contribution in [1.82, 2.24) is 9.97 Å². The normalized spacial score (nSPS) is 12.6. The third-order valence-corrected chi connectivity index (χ3v) is 4.33. The fourth-order valence-corrected chi connectivity index (χ4v) is 3.36. The van der Waals surface area contributed by atoms with Crippen LogP contribution in [0.4, 0.5) is 11.8 Å². The van der Waals surface area contributed by atoms with Gasteiger partial charge in [0.2, 0.25) is 5.95 Å². The van der Waals surface area contributed by atoms with Gasteiger partial charge in [0, 0.05) is 25.1 Å². The first-order valence-corrected chi connectivity index (χ1v) is 8.19. The van der Waals surface area contributed by atoms with Gasteiger partial charge in [0.1, 0.15) is 10.6 Å². The van der Waals surface area contributed by atoms with E-state index in [9.17, 15) is 0 Å². The molecule has 2 heterocycles. The predicted octanol–water partition coefficient (Wildman–Crippen LogP) is 3.29. The van der Waals surface area contributed by atoms with Crippen LogP contribution in [0.3, 0.4) is 0 Å². The quantitative estimate of drug-likeness (QED) is 0.850. The zero-order chi connectivity index (χ0) is 15.4. The van der Waals surface area contributed by atoms with Crippen molar-refractivity contribution in [1.29, 1.82) is 0 Å². The van der Waals surface area contributed by atoms with E-state index in [1.54, 1.807) is 18.4 Å². The van der Waals surface area contributed by atoms with Crippen molar-refractivity contribution < 1.29 is 4.74 Å². The molecule has 21 heavy (non-hydrogen) atoms. The van der Waals surface area contributed by atoms with Gasteiger partial charge < -0.3 is 15.0 Å². The van der Waals surface area contributed by atoms with Gasteiger partial charge >= 0.3 is 0 Å². The lowest BCUT2D eigenvalue weighted by Gasteiger charge is -2.29. The van der Waals surface area contributed by atoms with Crippen molar-refractivity contribution >= 4 is 33.3 Å². The summed E-state index contributed by atoms with van der Waals surface area (Å²) in [6.07, 6.45) is 0. The van der Waals surface area contributed by atoms with E-state index < -0.39 is 0 Å². The monoisotopic (exact) mass is 308 g/mol. The fourth-order valence-electron chi connectivity index (χ4n) is 2.48. The summed E-state index contributed by atoms with van der Waals surface area (Å²) in [5.41, 5.74) is 0. The number of hydrogen-bond acceptors (Lipinski definition) is 6. The second-order valence-electron chi connectivity index (χ2n) is 5.07. The molecular formula is C15H24N4OS. The molecule has 1 unspecified atom stereocenters. The Morgan fingerprint density at radius 2 is 2.14 bits per heavy atom. The summed E-state index contributed by atoms with van der Waals surface area (Å²) in [5, 5.41) is 4.35. The number of ether oxygens (including phenoxy) is 1. The van der Waals surface area contributed by atoms with Crippen LogP contribution in [0.5, 0.6) is 0 Å². The number of anilines is 2. The molecule has 0 aliphatic rings. The first-order chi connectivity index (χ1) is 10.1. The van der Waals surface area contributed by atoms with Gasteiger partial charge in [-0.05, 0) is 33.8 Å². The number of thiophene rings is 1. The Balaban J connectivity index is 2.52. The average molecular weight is 308 g/mol. The van der Waals surface area contributed by atoms with Gasteiger partial charge in [-0.15, -0.1) is 11.3 Å². The SMILES string of the molecule is CCNc1nc(N(CC)C(C)COC)c2cc(C)sc2n1. The summed E-state index contributed by atoms with van der Waals surface area (Å²) in [4.78, 5) is 13.9. The molecule has 0 aliphatic heterocycles. The third-order valence-electron chi connectivity index (χ3n) is 3.38. The Morgan fingerprint density at radius 3 is 2.76 bits per heavy atom. The molecule has 1 atom stereocenters. The highest BCUT2D eigenvalue weighted by atomic mass is 32.1. The van der Waals surface area contributed by atoms with Crippen molar-refractivity contribution in [3.8, 4) is 0 Å². The maximum absolute atomic E-state index is 5.30. The zero-order valence-corrected chi connectivity index (χ0v) is 14.3. The van der Waals surface area contributed by atoms with Gasteiger partial charge in [0.05, 0.1) is 18.0 Å². The molecule has 0 aliphatic carbocycles. The molecule has 5 nitrogen and oxygen atoms in total. The molecule has 6 heteroatoms. The van der Waals surface area contributed by atoms with Crippen LogP contribution in [0.15, 0.2) is 6.07 Å². The number of nitrogens with one attached hydrogen (secondary N) is 1. The van der Waals surface area contributed by atoms with Crippen LogP contribution in [0, 0.1) is 6.92 Å². The Hall–Kier alpha value is -1.40. The topological polar surface area (TPSA) is 50.3 Å². The van der Waals surface area contributed by atoms with Gasteiger partial charge in [-0.1, -0.05) is 0 Å². The van der Waals surface area contributed by atoms with Crippen molar-refractivity contribution in [3.05, 3.63) is 10.9 Å². The highest BCUT2D eigenvalue weighted by molar-refractivity contribution is 7.18. The molecule has 0 amide bonds. The van der Waals surface area contributed by atoms with E-state index in [2.05, 4.69) is 49.0 Å². The molecule has 0 saturated heterocycles. The highest BCUT2D eigenvalue weighted by Gasteiger charge is 2.19. The number of methoxy groups -OCH3 is 1. The number of nitrogens with zero attached hydrogens (tertiary/aromatic N) is 3. The van der Waals surface area contributed by atoms with Gasteiger partial charge in [0.15, 0.2) is 0 Å². The second-order valence-corrected chi connectivity index (χ2v) is 6.30. The number of hydrogen-bond donors (Lipinski definition) is 1. The number of rotatable bonds is 7. The fraction of sp³-hybridized carbons (Fsp3) is 0.600. The van der Waals surface area contributed by atoms with E-state index in [0.717, 1.165) is 29.1 Å². The van der Waals surface area contributed by atoms with Gasteiger partial charge in [0.25, 0.3) is 0 Å². The number of fused-ring (bicyclic) bond motifs is 1. The van der Waals surface area contributed by atoms with E-state index in [-0.39, 0.29) is 6.04 Å². The Morgan fingerprint density at radius 1 is 1.38 bits per heavy atom. The Bertz CT molecular complexity index is 599. The minimum absolute atomic E-state index is 0.271. The van der Waals surface area contributed by atoms with Crippen LogP contribution < -0.4 is 10.2 Å². The molecule has 116 valence electrons. The number of likely N-dealkylation sites (N-methyl/N-ethyl adjacent to an activating group) is 1. The molecule has 0 bridgehead atoms. The lowest BCUT2D eigenvalue weighted by Crippen LogP contribution is -2.37. The number of aromatic nitrogens is 2. The smallest absolute Gasteiger partial charge is 0.226 e. The Labute approximate surface area is 130 Å². The molecular weight excluding hydrogens is 284 g/mol. The first kappa shape index (κ1) is 16.0. The van der Waals surface area contributed by atoms with Crippen LogP contribution in [-0.4, -0.2) is 42.8 Å². The maximum atomic E-state index is 5.30. The minimum atomic E-state index is 0.271. The summed E-state index contributed by atoms with van der Waals surface area (Å²) in [6, 6.07) is 2.44. The average Bonchev–Trinajstić information content (AvgIpc) is 2.80. The van der Waals surface area contributed by atoms with Gasteiger partial charge in [-0.2, -0.15) is 4.98 Å². The summed E-state index contributed by atoms with van der Waals surface area (Å²) >= 11 is 1.71. The standard InChI is InChI=1S/C15H24N4OS/c1-6-16-15-17-13(19(7-2)10(3)9-20-5)12-8-11(4)21-14(12)18-15/h8,10H,6-7,9H2,1-5H3,(H,16,17,18). The maximum Gasteiger partial charge on any atom is 0.226 e. The van der Waals surface area contributed by atoms with Crippen LogP contribution in [0.2, 0.25) is 0 Å². The minimum Gasteiger partial charge on any atom is -0.383 e. The van der Waals surface area contributed by atoms with E-state index in [0.29, 0.717) is 12.6 Å². The lowest BCUT2D eigenvalue weighted by atomic mass is 10.2. The Kier molecular flexibility index (Phi) is 5.36. The first-order valence-electron chi connectivity index (χ1n) is 7.38. The molecule has 1 N–H and O–H groups in total. The molecule has 0 spiro atoms. The van der Waals surface area contributed by atoms with Crippen LogP contribution in [-0.2, 0) is 4.74 Å². The van der Waals surface area contributed by atoms with Gasteiger partial charge in [-0.3, -0.25) is 0 Å². The van der Waals surface area contributed by atoms with Crippen molar-refractivity contribution in [2.24, 2.45) is 0 Å². The van der Waals surface area contributed by atoms with E-state index >= 15 is 0 Å². The van der Waals surface area contributed by atoms with Gasteiger partial charge in [-0.25, -0.2) is 4.98 Å². The largest absolute Gasteiger partial charge is 0.383 e. The predicted molar refractivity (Wildman–Crippen MR) is 90.7 cm³/mol. The van der Waals surface area contributed by atoms with Crippen LogP contribution >= 0.6 is 11.3 Å². The molecule has 0 aromatic carbocycles. The zero-order valence-electron chi connectivity index (χ0n) is 13.4. The summed E-state index contributed by atoms with van der Waals surface area (Å²) < 4.78 is 5.30. The number of aryl methyl sites for hydroxylation is 1. The van der Waals surface area contributed by atoms with E-state index in [1.807, 2.05) is 0 Å². The third kappa shape index (κ3) is 3.44. The van der Waals surface area contributed by atoms with Crippen molar-refractivity contribution in [3.63, 3.8) is 0 Å². The second kappa shape index (κ2) is 7.04. The molecule has 2 aromatic heterocycles. The molecule has 0 radical (unpaired) electrons. The van der Waals surface area contributed by atoms with Crippen LogP contribution in [0.25, 0.3) is 10.2 Å². The highest BCUT2D eigenvalue weighted by Crippen LogP contribution is 2.32. The van der Waals surface area contributed by atoms with Crippen molar-refractivity contribution in [2.45, 2.75) is 33.7 Å². The van der Waals surface area contributed by atoms with E-state index in [4.69, 9.17) is 9.72 Å². The summed E-state index contributed by atoms with van der Waals surface area (Å²) in [5.74, 6) is 1.69. The molecule has 2 rings (SSSR count). The summed E-state index contributed by atoms with van der Waals surface area (Å²) in [6.45, 7) is 10.8. The lowest BCUT2D eigenvalue weighted by molar-refractivity contribution is 0.182. The van der Waals surface area contributed by atoms with Crippen molar-refractivity contribution in [2.75, 3.05) is 37.0 Å². The summed E-state index contributed by atoms with van der Waals surface area (Å²) in [7, 11) is 1.73. The van der Waals surface area contributed by atoms with E-state index in [1.165, 1.54) is 4.88 Å².